The van der Waals surface area contributed by atoms with Gasteiger partial charge in [-0.2, -0.15) is 0 Å². The van der Waals surface area contributed by atoms with E-state index in [0.717, 1.165) is 11.1 Å². The fraction of sp³-hybridized carbons (Fsp3) is 0.256. The Morgan fingerprint density at radius 2 is 1.59 bits per heavy atom. The minimum absolute atomic E-state index is 0.0242. The smallest absolute Gasteiger partial charge is 0.324 e. The van der Waals surface area contributed by atoms with Gasteiger partial charge >= 0.3 is 5.97 Å². The molecule has 248 valence electrons. The van der Waals surface area contributed by atoms with Gasteiger partial charge in [0.15, 0.2) is 0 Å². The lowest BCUT2D eigenvalue weighted by molar-refractivity contribution is -0.178. The number of nitrogens with one attached hydrogen (secondary N) is 1. The van der Waals surface area contributed by atoms with Crippen molar-refractivity contribution >= 4 is 23.5 Å². The number of fused-ring (bicyclic) bond motifs is 3. The first-order valence-electron chi connectivity index (χ1n) is 16.2. The highest BCUT2D eigenvalue weighted by atomic mass is 16.6. The van der Waals surface area contributed by atoms with E-state index >= 15 is 0 Å². The Bertz CT molecular complexity index is 1960. The van der Waals surface area contributed by atoms with Gasteiger partial charge in [0.1, 0.15) is 29.9 Å². The molecule has 4 aromatic rings. The summed E-state index contributed by atoms with van der Waals surface area (Å²) < 4.78 is 12.4. The monoisotopic (exact) mass is 657 g/mol. The van der Waals surface area contributed by atoms with Gasteiger partial charge in [-0.15, -0.1) is 0 Å². The number of para-hydroxylation sites is 1. The number of rotatable bonds is 8. The summed E-state index contributed by atoms with van der Waals surface area (Å²) in [7, 11) is 0. The van der Waals surface area contributed by atoms with E-state index in [1.807, 2.05) is 71.6 Å². The molecular formula is C39H35N3O7. The summed E-state index contributed by atoms with van der Waals surface area (Å²) in [6.07, 6.45) is -0.563. The van der Waals surface area contributed by atoms with Crippen LogP contribution in [0.5, 0.6) is 5.75 Å². The molecule has 3 heterocycles. The summed E-state index contributed by atoms with van der Waals surface area (Å²) in [5.41, 5.74) is 8.11. The van der Waals surface area contributed by atoms with E-state index in [4.69, 9.17) is 15.2 Å². The van der Waals surface area contributed by atoms with Gasteiger partial charge in [-0.1, -0.05) is 90.7 Å². The molecule has 10 nitrogen and oxygen atoms in total. The summed E-state index contributed by atoms with van der Waals surface area (Å²) in [6, 6.07) is 28.4. The van der Waals surface area contributed by atoms with Crippen LogP contribution in [-0.2, 0) is 24.5 Å². The number of nitrogens with zero attached hydrogens (tertiary/aromatic N) is 1. The second-order valence-corrected chi connectivity index (χ2v) is 12.3. The molecule has 0 radical (unpaired) electrons. The molecule has 0 aliphatic carbocycles. The van der Waals surface area contributed by atoms with E-state index < -0.39 is 53.3 Å². The standard InChI is InChI=1S/C39H35N3O7/c40-36(45)31-33-37(46)49-34(26-14-5-2-6-15-26)32(25-12-3-1-4-13-25)42(33)35(27-16-7-8-17-30(27)48-22-21-44)39(31)28-23-24(11-9-10-20-43)18-19-29(28)41-38(39)47/h1-8,12-19,23,31-35,43-44H,10,20-22H2,(H2,40,45)(H,41,47)/t31-,32-,33-,34+,35+,39-/m0/s1. The van der Waals surface area contributed by atoms with Crippen LogP contribution in [0.3, 0.4) is 0 Å². The van der Waals surface area contributed by atoms with Crippen LogP contribution in [0.25, 0.3) is 0 Å². The molecule has 1 spiro atoms. The number of esters is 1. The molecule has 4 aromatic carbocycles. The van der Waals surface area contributed by atoms with Crippen LogP contribution in [0.2, 0.25) is 0 Å². The molecule has 6 atom stereocenters. The molecule has 2 fully saturated rings. The normalized spacial score (nSPS) is 25.5. The molecule has 0 unspecified atom stereocenters. The fourth-order valence-corrected chi connectivity index (χ4v) is 7.89. The Kier molecular flexibility index (Phi) is 8.65. The Morgan fingerprint density at radius 3 is 2.29 bits per heavy atom. The van der Waals surface area contributed by atoms with Crippen molar-refractivity contribution in [2.45, 2.75) is 36.1 Å². The highest BCUT2D eigenvalue weighted by Gasteiger charge is 2.74. The zero-order chi connectivity index (χ0) is 34.1. The maximum Gasteiger partial charge on any atom is 0.324 e. The van der Waals surface area contributed by atoms with E-state index in [9.17, 15) is 24.6 Å². The third-order valence-electron chi connectivity index (χ3n) is 9.65. The van der Waals surface area contributed by atoms with Gasteiger partial charge < -0.3 is 30.7 Å². The number of hydrogen-bond donors (Lipinski definition) is 4. The third kappa shape index (κ3) is 5.23. The number of cyclic esters (lactones) is 1. The Morgan fingerprint density at radius 1 is 0.898 bits per heavy atom. The van der Waals surface area contributed by atoms with Crippen molar-refractivity contribution in [3.05, 3.63) is 131 Å². The second kappa shape index (κ2) is 13.2. The number of hydrogen-bond acceptors (Lipinski definition) is 8. The maximum absolute atomic E-state index is 14.8. The van der Waals surface area contributed by atoms with E-state index in [-0.39, 0.29) is 26.2 Å². The Labute approximate surface area is 283 Å². The summed E-state index contributed by atoms with van der Waals surface area (Å²) in [6.45, 7) is -0.390. The first kappa shape index (κ1) is 32.1. The van der Waals surface area contributed by atoms with Gasteiger partial charge in [-0.3, -0.25) is 19.3 Å². The van der Waals surface area contributed by atoms with Crippen molar-refractivity contribution in [2.24, 2.45) is 11.7 Å². The first-order valence-corrected chi connectivity index (χ1v) is 16.2. The largest absolute Gasteiger partial charge is 0.491 e. The van der Waals surface area contributed by atoms with E-state index in [1.165, 1.54) is 0 Å². The van der Waals surface area contributed by atoms with Gasteiger partial charge in [0, 0.05) is 23.2 Å². The number of ether oxygens (including phenoxy) is 2. The molecule has 3 aliphatic heterocycles. The predicted octanol–water partition coefficient (Wildman–Crippen LogP) is 3.55. The minimum atomic E-state index is -1.74. The SMILES string of the molecule is NC(=O)[C@@H]1[C@H]2C(=O)O[C@H](c3ccccc3)[C@H](c3ccccc3)N2[C@H](c2ccccc2OCCO)[C@@]12C(=O)Nc1ccc(C#CCCO)cc12. The number of aliphatic hydroxyl groups excluding tert-OH is 2. The van der Waals surface area contributed by atoms with Crippen LogP contribution in [0.1, 0.15) is 52.4 Å². The molecule has 2 saturated heterocycles. The lowest BCUT2D eigenvalue weighted by atomic mass is 9.65. The Hall–Kier alpha value is -5.47. The van der Waals surface area contributed by atoms with Crippen LogP contribution in [-0.4, -0.2) is 58.8 Å². The van der Waals surface area contributed by atoms with Gasteiger partial charge in [-0.05, 0) is 41.0 Å². The summed E-state index contributed by atoms with van der Waals surface area (Å²) in [4.78, 5) is 45.2. The molecule has 3 aliphatic rings. The number of aliphatic hydroxyl groups is 2. The zero-order valence-corrected chi connectivity index (χ0v) is 26.5. The number of nitrogens with two attached hydrogens (primary N) is 1. The molecule has 49 heavy (non-hydrogen) atoms. The van der Waals surface area contributed by atoms with Crippen LogP contribution in [0, 0.1) is 17.8 Å². The van der Waals surface area contributed by atoms with Crippen LogP contribution >= 0.6 is 0 Å². The lowest BCUT2D eigenvalue weighted by Crippen LogP contribution is -2.53. The second-order valence-electron chi connectivity index (χ2n) is 12.3. The average Bonchev–Trinajstić information content (AvgIpc) is 3.60. The molecule has 0 aromatic heterocycles. The lowest BCUT2D eigenvalue weighted by Gasteiger charge is -2.46. The van der Waals surface area contributed by atoms with Crippen molar-refractivity contribution in [3.63, 3.8) is 0 Å². The van der Waals surface area contributed by atoms with Crippen LogP contribution in [0.4, 0.5) is 5.69 Å². The molecule has 2 amide bonds. The van der Waals surface area contributed by atoms with Crippen molar-refractivity contribution in [1.29, 1.82) is 0 Å². The van der Waals surface area contributed by atoms with Crippen LogP contribution < -0.4 is 15.8 Å². The maximum atomic E-state index is 14.8. The van der Waals surface area contributed by atoms with E-state index in [2.05, 4.69) is 17.2 Å². The van der Waals surface area contributed by atoms with Crippen molar-refractivity contribution < 1.29 is 34.1 Å². The predicted molar refractivity (Wildman–Crippen MR) is 180 cm³/mol. The molecule has 7 rings (SSSR count). The Balaban J connectivity index is 1.56. The number of amides is 2. The molecule has 0 bridgehead atoms. The van der Waals surface area contributed by atoms with Crippen molar-refractivity contribution in [2.75, 3.05) is 25.1 Å². The van der Waals surface area contributed by atoms with Crippen LogP contribution in [0.15, 0.2) is 103 Å². The van der Waals surface area contributed by atoms with Gasteiger partial charge in [0.2, 0.25) is 11.8 Å². The van der Waals surface area contributed by atoms with E-state index in [0.29, 0.717) is 28.1 Å². The molecule has 10 heteroatoms. The number of carbonyl (C=O) groups excluding carboxylic acids is 3. The number of morpholine rings is 1. The first-order chi connectivity index (χ1) is 23.9. The third-order valence-corrected chi connectivity index (χ3v) is 9.65. The quantitative estimate of drug-likeness (QED) is 0.166. The molecule has 5 N–H and O–H groups in total. The number of carbonyl (C=O) groups is 3. The summed E-state index contributed by atoms with van der Waals surface area (Å²) in [5.74, 6) is 2.96. The number of primary amides is 1. The van der Waals surface area contributed by atoms with Gasteiger partial charge in [-0.25, -0.2) is 0 Å². The van der Waals surface area contributed by atoms with Gasteiger partial charge in [0.25, 0.3) is 0 Å². The molecule has 0 saturated carbocycles. The van der Waals surface area contributed by atoms with E-state index in [1.54, 1.807) is 36.4 Å². The fourth-order valence-electron chi connectivity index (χ4n) is 7.89. The summed E-state index contributed by atoms with van der Waals surface area (Å²) >= 11 is 0. The highest BCUT2D eigenvalue weighted by molar-refractivity contribution is 6.12. The zero-order valence-electron chi connectivity index (χ0n) is 26.5. The average molecular weight is 658 g/mol. The number of anilines is 1. The van der Waals surface area contributed by atoms with Crippen molar-refractivity contribution in [3.8, 4) is 17.6 Å². The number of benzene rings is 4. The molecular weight excluding hydrogens is 622 g/mol. The van der Waals surface area contributed by atoms with Gasteiger partial charge in [0.05, 0.1) is 31.2 Å². The minimum Gasteiger partial charge on any atom is -0.491 e. The topological polar surface area (TPSA) is 151 Å². The summed E-state index contributed by atoms with van der Waals surface area (Å²) in [5, 5.41) is 22.0. The highest BCUT2D eigenvalue weighted by Crippen LogP contribution is 2.65. The van der Waals surface area contributed by atoms with Crippen molar-refractivity contribution in [1.82, 2.24) is 4.90 Å².